The minimum atomic E-state index is -4.56. The number of hydrazine groups is 1. The van der Waals surface area contributed by atoms with Crippen LogP contribution in [0.25, 0.3) is 0 Å². The summed E-state index contributed by atoms with van der Waals surface area (Å²) in [5, 5.41) is 1.98. The van der Waals surface area contributed by atoms with Crippen LogP contribution in [0.2, 0.25) is 0 Å². The Morgan fingerprint density at radius 3 is 2.28 bits per heavy atom. The maximum absolute atomic E-state index is 12.5. The van der Waals surface area contributed by atoms with Crippen molar-refractivity contribution < 1.29 is 22.8 Å². The lowest BCUT2D eigenvalue weighted by molar-refractivity contribution is -0.137. The van der Waals surface area contributed by atoms with E-state index in [9.17, 15) is 22.8 Å². The Morgan fingerprint density at radius 2 is 1.78 bits per heavy atom. The third kappa shape index (κ3) is 3.70. The maximum atomic E-state index is 12.5. The predicted molar refractivity (Wildman–Crippen MR) is 60.1 cm³/mol. The number of anilines is 1. The molecule has 0 heterocycles. The van der Waals surface area contributed by atoms with Crippen LogP contribution in [0, 0.1) is 0 Å². The molecule has 0 saturated heterocycles. The minimum absolute atomic E-state index is 0.112. The zero-order valence-corrected chi connectivity index (χ0v) is 10.2. The van der Waals surface area contributed by atoms with Crippen molar-refractivity contribution in [1.29, 1.82) is 0 Å². The number of hydrogen-bond donors (Lipinski definition) is 3. The van der Waals surface area contributed by atoms with E-state index in [-0.39, 0.29) is 10.2 Å². The van der Waals surface area contributed by atoms with Gasteiger partial charge in [-0.3, -0.25) is 15.0 Å². The fourth-order valence-corrected chi connectivity index (χ4v) is 1.57. The second-order valence-corrected chi connectivity index (χ2v) is 4.07. The third-order valence-electron chi connectivity index (χ3n) is 1.82. The summed E-state index contributed by atoms with van der Waals surface area (Å²) in [7, 11) is 0. The van der Waals surface area contributed by atoms with Crippen molar-refractivity contribution in [3.05, 3.63) is 28.2 Å². The molecule has 0 atom stereocenters. The van der Waals surface area contributed by atoms with Crippen LogP contribution in [0.15, 0.2) is 22.7 Å². The van der Waals surface area contributed by atoms with Gasteiger partial charge in [0.15, 0.2) is 0 Å². The summed E-state index contributed by atoms with van der Waals surface area (Å²) in [6.07, 6.45) is -4.56. The largest absolute Gasteiger partial charge is 0.416 e. The molecule has 1 rings (SSSR count). The van der Waals surface area contributed by atoms with Crippen molar-refractivity contribution in [2.75, 3.05) is 5.32 Å². The van der Waals surface area contributed by atoms with Gasteiger partial charge in [-0.2, -0.15) is 13.2 Å². The van der Waals surface area contributed by atoms with Crippen molar-refractivity contribution in [3.63, 3.8) is 0 Å². The average molecular weight is 326 g/mol. The Morgan fingerprint density at radius 1 is 1.17 bits per heavy atom. The minimum Gasteiger partial charge on any atom is -0.318 e. The van der Waals surface area contributed by atoms with E-state index in [0.29, 0.717) is 6.07 Å². The van der Waals surface area contributed by atoms with Gasteiger partial charge in [0.2, 0.25) is 0 Å². The fourth-order valence-electron chi connectivity index (χ4n) is 1.08. The van der Waals surface area contributed by atoms with Crippen LogP contribution in [0.4, 0.5) is 18.9 Å². The molecule has 9 heteroatoms. The number of alkyl halides is 3. The number of hydrogen-bond acceptors (Lipinski definition) is 3. The molecule has 0 saturated carbocycles. The number of carbonyl (C=O) groups is 2. The highest BCUT2D eigenvalue weighted by molar-refractivity contribution is 9.10. The van der Waals surface area contributed by atoms with E-state index in [4.69, 9.17) is 5.84 Å². The van der Waals surface area contributed by atoms with Crippen LogP contribution in [0.1, 0.15) is 5.56 Å². The van der Waals surface area contributed by atoms with Crippen molar-refractivity contribution in [2.24, 2.45) is 5.84 Å². The molecule has 2 amide bonds. The summed E-state index contributed by atoms with van der Waals surface area (Å²) in [6, 6.07) is 2.77. The Labute approximate surface area is 108 Å². The molecule has 4 N–H and O–H groups in total. The SMILES string of the molecule is NNC(=O)C(=O)Nc1cc(Br)cc(C(F)(F)F)c1. The van der Waals surface area contributed by atoms with Gasteiger partial charge in [0, 0.05) is 10.2 Å². The lowest BCUT2D eigenvalue weighted by atomic mass is 10.2. The molecule has 98 valence electrons. The molecule has 0 radical (unpaired) electrons. The van der Waals surface area contributed by atoms with Crippen LogP contribution in [0.3, 0.4) is 0 Å². The van der Waals surface area contributed by atoms with E-state index in [1.54, 1.807) is 5.43 Å². The van der Waals surface area contributed by atoms with Crippen LogP contribution < -0.4 is 16.6 Å². The Kier molecular flexibility index (Phi) is 4.30. The first-order chi connectivity index (χ1) is 8.24. The lowest BCUT2D eigenvalue weighted by Crippen LogP contribution is -2.39. The second kappa shape index (κ2) is 5.36. The number of halogens is 4. The maximum Gasteiger partial charge on any atom is 0.416 e. The van der Waals surface area contributed by atoms with E-state index >= 15 is 0 Å². The number of nitrogens with two attached hydrogens (primary N) is 1. The third-order valence-corrected chi connectivity index (χ3v) is 2.28. The Balaban J connectivity index is 3.01. The number of nitrogens with one attached hydrogen (secondary N) is 2. The van der Waals surface area contributed by atoms with Crippen LogP contribution in [0.5, 0.6) is 0 Å². The molecule has 0 aliphatic carbocycles. The molecule has 0 fully saturated rings. The van der Waals surface area contributed by atoms with Gasteiger partial charge in [0.25, 0.3) is 0 Å². The van der Waals surface area contributed by atoms with Gasteiger partial charge >= 0.3 is 18.0 Å². The molecule has 0 spiro atoms. The molecule has 0 bridgehead atoms. The zero-order valence-electron chi connectivity index (χ0n) is 8.64. The molecular weight excluding hydrogens is 319 g/mol. The fraction of sp³-hybridized carbons (Fsp3) is 0.111. The Bertz CT molecular complexity index is 490. The Hall–Kier alpha value is -1.61. The van der Waals surface area contributed by atoms with Crippen LogP contribution in [-0.2, 0) is 15.8 Å². The van der Waals surface area contributed by atoms with Gasteiger partial charge in [-0.1, -0.05) is 15.9 Å². The van der Waals surface area contributed by atoms with E-state index in [2.05, 4.69) is 15.9 Å². The van der Waals surface area contributed by atoms with Gasteiger partial charge < -0.3 is 5.32 Å². The van der Waals surface area contributed by atoms with E-state index in [0.717, 1.165) is 6.07 Å². The van der Waals surface area contributed by atoms with Crippen molar-refractivity contribution >= 4 is 33.4 Å². The first kappa shape index (κ1) is 14.5. The van der Waals surface area contributed by atoms with Gasteiger partial charge in [-0.05, 0) is 18.2 Å². The topological polar surface area (TPSA) is 84.2 Å². The molecule has 0 aliphatic heterocycles. The summed E-state index contributed by atoms with van der Waals surface area (Å²) in [5.41, 5.74) is 0.426. The first-order valence-corrected chi connectivity index (χ1v) is 5.23. The zero-order chi connectivity index (χ0) is 13.9. The summed E-state index contributed by atoms with van der Waals surface area (Å²) in [4.78, 5) is 21.9. The van der Waals surface area contributed by atoms with E-state index in [1.807, 2.05) is 5.32 Å². The van der Waals surface area contributed by atoms with E-state index < -0.39 is 23.6 Å². The van der Waals surface area contributed by atoms with Crippen LogP contribution in [-0.4, -0.2) is 11.8 Å². The molecule has 18 heavy (non-hydrogen) atoms. The lowest BCUT2D eigenvalue weighted by Gasteiger charge is -2.10. The van der Waals surface area contributed by atoms with Gasteiger partial charge in [-0.15, -0.1) is 0 Å². The summed E-state index contributed by atoms with van der Waals surface area (Å²) in [5.74, 6) is 2.38. The highest BCUT2D eigenvalue weighted by Crippen LogP contribution is 2.33. The highest BCUT2D eigenvalue weighted by atomic mass is 79.9. The summed E-state index contributed by atoms with van der Waals surface area (Å²) >= 11 is 2.87. The van der Waals surface area contributed by atoms with Crippen LogP contribution >= 0.6 is 15.9 Å². The van der Waals surface area contributed by atoms with E-state index in [1.165, 1.54) is 6.07 Å². The molecule has 1 aromatic rings. The molecule has 5 nitrogen and oxygen atoms in total. The monoisotopic (exact) mass is 325 g/mol. The molecule has 1 aromatic carbocycles. The predicted octanol–water partition coefficient (Wildman–Crippen LogP) is 1.40. The molecule has 0 aliphatic rings. The number of benzene rings is 1. The van der Waals surface area contributed by atoms with Gasteiger partial charge in [0.1, 0.15) is 0 Å². The molecule has 0 aromatic heterocycles. The highest BCUT2D eigenvalue weighted by Gasteiger charge is 2.31. The van der Waals surface area contributed by atoms with Crippen molar-refractivity contribution in [3.8, 4) is 0 Å². The number of amides is 2. The number of carbonyl (C=O) groups excluding carboxylic acids is 2. The molecule has 0 unspecified atom stereocenters. The standard InChI is InChI=1S/C9H7BrF3N3O2/c10-5-1-4(9(11,12)13)2-6(3-5)15-7(17)8(18)16-14/h1-3H,14H2,(H,15,17)(H,16,18). The van der Waals surface area contributed by atoms with Crippen molar-refractivity contribution in [1.82, 2.24) is 5.43 Å². The quantitative estimate of drug-likeness (QED) is 0.316. The summed E-state index contributed by atoms with van der Waals surface area (Å²) < 4.78 is 37.5. The normalized spacial score (nSPS) is 10.9. The summed E-state index contributed by atoms with van der Waals surface area (Å²) in [6.45, 7) is 0. The van der Waals surface area contributed by atoms with Gasteiger partial charge in [0.05, 0.1) is 5.56 Å². The second-order valence-electron chi connectivity index (χ2n) is 3.15. The first-order valence-electron chi connectivity index (χ1n) is 4.43. The smallest absolute Gasteiger partial charge is 0.318 e. The number of rotatable bonds is 1. The average Bonchev–Trinajstić information content (AvgIpc) is 2.25. The van der Waals surface area contributed by atoms with Crippen molar-refractivity contribution in [2.45, 2.75) is 6.18 Å². The molecular formula is C9H7BrF3N3O2. The van der Waals surface area contributed by atoms with Gasteiger partial charge in [-0.25, -0.2) is 5.84 Å².